The van der Waals surface area contributed by atoms with Crippen LogP contribution in [0.25, 0.3) is 22.0 Å². The summed E-state index contributed by atoms with van der Waals surface area (Å²) in [6.07, 6.45) is 5.26. The monoisotopic (exact) mass is 386 g/mol. The lowest BCUT2D eigenvalue weighted by atomic mass is 10.2. The van der Waals surface area contributed by atoms with E-state index in [-0.39, 0.29) is 5.78 Å². The normalized spacial score (nSPS) is 11.9. The highest BCUT2D eigenvalue weighted by Crippen LogP contribution is 2.24. The van der Waals surface area contributed by atoms with Crippen LogP contribution in [0.2, 0.25) is 0 Å². The summed E-state index contributed by atoms with van der Waals surface area (Å²) in [6.45, 7) is 1.93. The Kier molecular flexibility index (Phi) is 3.43. The molecule has 0 spiro atoms. The van der Waals surface area contributed by atoms with Gasteiger partial charge in [-0.3, -0.25) is 9.20 Å². The third-order valence-electron chi connectivity index (χ3n) is 3.60. The van der Waals surface area contributed by atoms with Crippen molar-refractivity contribution in [2.45, 2.75) is 6.92 Å². The Morgan fingerprint density at radius 2 is 2.26 bits per heavy atom. The Hall–Kier alpha value is -2.18. The Morgan fingerprint density at radius 1 is 1.39 bits per heavy atom. The highest BCUT2D eigenvalue weighted by Gasteiger charge is 2.11. The van der Waals surface area contributed by atoms with E-state index in [9.17, 15) is 4.79 Å². The summed E-state index contributed by atoms with van der Waals surface area (Å²) < 4.78 is 8.54. The van der Waals surface area contributed by atoms with Gasteiger partial charge in [0.1, 0.15) is 5.58 Å². The molecule has 0 aliphatic carbocycles. The molecule has 4 rings (SSSR count). The van der Waals surface area contributed by atoms with Crippen molar-refractivity contribution in [3.8, 4) is 0 Å². The van der Waals surface area contributed by atoms with Gasteiger partial charge in [-0.25, -0.2) is 4.98 Å². The maximum atomic E-state index is 12.4. The molecule has 0 aliphatic rings. The number of carbonyl (C=O) groups is 1. The van der Waals surface area contributed by atoms with Crippen LogP contribution in [0.4, 0.5) is 0 Å². The summed E-state index contributed by atoms with van der Waals surface area (Å²) in [7, 11) is 0. The molecule has 0 bridgehead atoms. The zero-order valence-electron chi connectivity index (χ0n) is 12.1. The second-order valence-electron chi connectivity index (χ2n) is 5.13. The van der Waals surface area contributed by atoms with Crippen molar-refractivity contribution >= 4 is 55.1 Å². The Morgan fingerprint density at radius 3 is 3.13 bits per heavy atom. The number of benzene rings is 1. The lowest BCUT2D eigenvalue weighted by Gasteiger charge is -1.92. The van der Waals surface area contributed by atoms with Gasteiger partial charge < -0.3 is 4.42 Å². The molecule has 114 valence electrons. The molecular formula is C17H11BrN2O2S. The molecule has 0 radical (unpaired) electrons. The minimum Gasteiger partial charge on any atom is -0.453 e. The van der Waals surface area contributed by atoms with E-state index in [2.05, 4.69) is 20.9 Å². The molecule has 1 aromatic carbocycles. The van der Waals surface area contributed by atoms with Crippen LogP contribution in [-0.2, 0) is 0 Å². The molecule has 0 fully saturated rings. The van der Waals surface area contributed by atoms with Crippen LogP contribution in [0.15, 0.2) is 50.8 Å². The summed E-state index contributed by atoms with van der Waals surface area (Å²) in [6, 6.07) is 7.42. The number of hydrogen-bond donors (Lipinski definition) is 0. The van der Waals surface area contributed by atoms with Crippen molar-refractivity contribution in [3.05, 3.63) is 63.5 Å². The van der Waals surface area contributed by atoms with E-state index in [1.807, 2.05) is 41.1 Å². The first-order valence-corrected chi connectivity index (χ1v) is 8.63. The zero-order chi connectivity index (χ0) is 16.0. The molecule has 0 amide bonds. The minimum absolute atomic E-state index is 0.165. The maximum Gasteiger partial charge on any atom is 0.221 e. The van der Waals surface area contributed by atoms with Gasteiger partial charge in [0.25, 0.3) is 0 Å². The molecule has 0 saturated heterocycles. The minimum atomic E-state index is -0.165. The molecule has 3 heterocycles. The number of fused-ring (bicyclic) bond motifs is 2. The van der Waals surface area contributed by atoms with E-state index < -0.39 is 0 Å². The first-order chi connectivity index (χ1) is 11.1. The molecule has 6 heteroatoms. The Bertz CT molecular complexity index is 1070. The number of furan rings is 1. The van der Waals surface area contributed by atoms with Gasteiger partial charge >= 0.3 is 0 Å². The number of hydrogen-bond acceptors (Lipinski definition) is 4. The van der Waals surface area contributed by atoms with Crippen LogP contribution < -0.4 is 0 Å². The van der Waals surface area contributed by atoms with Crippen molar-refractivity contribution in [2.75, 3.05) is 0 Å². The number of thiazole rings is 1. The predicted octanol–water partition coefficient (Wildman–Crippen LogP) is 5.11. The summed E-state index contributed by atoms with van der Waals surface area (Å²) in [5.74, 6) is 0.167. The highest BCUT2D eigenvalue weighted by molar-refractivity contribution is 9.10. The molecule has 0 unspecified atom stereocenters. The number of allylic oxidation sites excluding steroid dienone is 1. The smallest absolute Gasteiger partial charge is 0.221 e. The number of ketones is 1. The Balaban J connectivity index is 1.68. The number of imidazole rings is 1. The van der Waals surface area contributed by atoms with E-state index in [1.54, 1.807) is 23.5 Å². The molecule has 23 heavy (non-hydrogen) atoms. The molecule has 0 atom stereocenters. The van der Waals surface area contributed by atoms with Crippen LogP contribution in [0.5, 0.6) is 0 Å². The van der Waals surface area contributed by atoms with Crippen LogP contribution in [-0.4, -0.2) is 15.2 Å². The van der Waals surface area contributed by atoms with E-state index in [0.29, 0.717) is 11.3 Å². The zero-order valence-corrected chi connectivity index (χ0v) is 14.5. The van der Waals surface area contributed by atoms with Gasteiger partial charge in [-0.15, -0.1) is 11.3 Å². The molecule has 0 aliphatic heterocycles. The van der Waals surface area contributed by atoms with Crippen LogP contribution >= 0.6 is 27.3 Å². The van der Waals surface area contributed by atoms with Gasteiger partial charge in [-0.05, 0) is 43.3 Å². The van der Waals surface area contributed by atoms with Gasteiger partial charge in [0.2, 0.25) is 5.78 Å². The summed E-state index contributed by atoms with van der Waals surface area (Å²) >= 11 is 4.98. The fourth-order valence-corrected chi connectivity index (χ4v) is 3.63. The first kappa shape index (κ1) is 14.4. The number of aromatic nitrogens is 2. The lowest BCUT2D eigenvalue weighted by Crippen LogP contribution is -1.92. The quantitative estimate of drug-likeness (QED) is 0.363. The van der Waals surface area contributed by atoms with Crippen molar-refractivity contribution in [2.24, 2.45) is 0 Å². The highest BCUT2D eigenvalue weighted by atomic mass is 79.9. The topological polar surface area (TPSA) is 47.5 Å². The first-order valence-electron chi connectivity index (χ1n) is 6.95. The number of aryl methyl sites for hydroxylation is 1. The van der Waals surface area contributed by atoms with Crippen molar-refractivity contribution < 1.29 is 9.21 Å². The second-order valence-corrected chi connectivity index (χ2v) is 6.92. The van der Waals surface area contributed by atoms with Gasteiger partial charge in [0.05, 0.1) is 11.4 Å². The molecule has 4 aromatic rings. The maximum absolute atomic E-state index is 12.4. The van der Waals surface area contributed by atoms with E-state index in [0.717, 1.165) is 26.2 Å². The second kappa shape index (κ2) is 5.47. The predicted molar refractivity (Wildman–Crippen MR) is 95.1 cm³/mol. The van der Waals surface area contributed by atoms with Crippen LogP contribution in [0.3, 0.4) is 0 Å². The Labute approximate surface area is 144 Å². The third kappa shape index (κ3) is 2.54. The summed E-state index contributed by atoms with van der Waals surface area (Å²) in [5.41, 5.74) is 2.51. The van der Waals surface area contributed by atoms with Gasteiger partial charge in [0.15, 0.2) is 10.7 Å². The van der Waals surface area contributed by atoms with Crippen molar-refractivity contribution in [1.82, 2.24) is 9.38 Å². The lowest BCUT2D eigenvalue weighted by molar-refractivity contribution is 0.102. The average molecular weight is 387 g/mol. The largest absolute Gasteiger partial charge is 0.453 e. The van der Waals surface area contributed by atoms with E-state index in [4.69, 9.17) is 4.42 Å². The van der Waals surface area contributed by atoms with E-state index >= 15 is 0 Å². The molecule has 3 aromatic heterocycles. The molecule has 0 N–H and O–H groups in total. The van der Waals surface area contributed by atoms with Crippen molar-refractivity contribution in [1.29, 1.82) is 0 Å². The van der Waals surface area contributed by atoms with E-state index in [1.165, 1.54) is 6.08 Å². The molecule has 4 nitrogen and oxygen atoms in total. The SMILES string of the molecule is Cc1nc2sccn2c1/C=C/C(=O)c1cc2cc(Br)ccc2o1. The summed E-state index contributed by atoms with van der Waals surface area (Å²) in [4.78, 5) is 17.7. The molecule has 0 saturated carbocycles. The van der Waals surface area contributed by atoms with Gasteiger partial charge in [-0.2, -0.15) is 0 Å². The van der Waals surface area contributed by atoms with Crippen molar-refractivity contribution in [3.63, 3.8) is 0 Å². The summed E-state index contributed by atoms with van der Waals surface area (Å²) in [5, 5.41) is 2.87. The standard InChI is InChI=1S/C17H11BrN2O2S/c1-10-13(20-6-7-23-17(20)19-10)3-4-14(21)16-9-11-8-12(18)2-5-15(11)22-16/h2-9H,1H3/b4-3+. The number of rotatable bonds is 3. The number of halogens is 1. The number of nitrogens with zero attached hydrogens (tertiary/aromatic N) is 2. The fraction of sp³-hybridized carbons (Fsp3) is 0.0588. The van der Waals surface area contributed by atoms with Crippen LogP contribution in [0, 0.1) is 6.92 Å². The van der Waals surface area contributed by atoms with Crippen LogP contribution in [0.1, 0.15) is 21.9 Å². The third-order valence-corrected chi connectivity index (χ3v) is 4.85. The fourth-order valence-electron chi connectivity index (χ4n) is 2.48. The van der Waals surface area contributed by atoms with Gasteiger partial charge in [-0.1, -0.05) is 15.9 Å². The average Bonchev–Trinajstić information content (AvgIpc) is 3.19. The van der Waals surface area contributed by atoms with Gasteiger partial charge in [0, 0.05) is 21.4 Å². The number of carbonyl (C=O) groups excluding carboxylic acids is 1. The molecular weight excluding hydrogens is 376 g/mol.